The van der Waals surface area contributed by atoms with Crippen LogP contribution in [0.25, 0.3) is 0 Å². The van der Waals surface area contributed by atoms with Crippen LogP contribution in [0.3, 0.4) is 0 Å². The van der Waals surface area contributed by atoms with Crippen molar-refractivity contribution in [2.45, 2.75) is 59.4 Å². The first-order valence-corrected chi connectivity index (χ1v) is 7.43. The van der Waals surface area contributed by atoms with E-state index in [0.717, 1.165) is 31.4 Å². The zero-order chi connectivity index (χ0) is 15.1. The van der Waals surface area contributed by atoms with E-state index in [1.54, 1.807) is 12.1 Å². The molecule has 1 rings (SSSR count). The van der Waals surface area contributed by atoms with Gasteiger partial charge in [-0.25, -0.2) is 9.78 Å². The van der Waals surface area contributed by atoms with E-state index in [4.69, 9.17) is 5.11 Å². The smallest absolute Gasteiger partial charge is 0.335 e. The molecule has 0 fully saturated rings. The predicted octanol–water partition coefficient (Wildman–Crippen LogP) is 3.97. The Morgan fingerprint density at radius 3 is 2.55 bits per heavy atom. The molecule has 1 aromatic heterocycles. The Balaban J connectivity index is 2.79. The van der Waals surface area contributed by atoms with E-state index in [1.165, 1.54) is 0 Å². The van der Waals surface area contributed by atoms with Crippen LogP contribution < -0.4 is 5.32 Å². The number of hydrogen-bond donors (Lipinski definition) is 2. The van der Waals surface area contributed by atoms with Crippen molar-refractivity contribution in [1.82, 2.24) is 4.98 Å². The first-order valence-electron chi connectivity index (χ1n) is 7.43. The van der Waals surface area contributed by atoms with E-state index < -0.39 is 5.97 Å². The summed E-state index contributed by atoms with van der Waals surface area (Å²) in [5.74, 6) is 0.445. The summed E-state index contributed by atoms with van der Waals surface area (Å²) in [6.07, 6.45) is 3.96. The van der Waals surface area contributed by atoms with Crippen LogP contribution in [0.4, 0.5) is 5.82 Å². The van der Waals surface area contributed by atoms with Crippen molar-refractivity contribution in [2.24, 2.45) is 5.92 Å². The number of pyridine rings is 1. The van der Waals surface area contributed by atoms with Gasteiger partial charge >= 0.3 is 5.97 Å². The molecule has 1 atom stereocenters. The summed E-state index contributed by atoms with van der Waals surface area (Å²) in [4.78, 5) is 15.7. The molecule has 1 heterocycles. The Kier molecular flexibility index (Phi) is 6.49. The molecule has 0 aliphatic heterocycles. The lowest BCUT2D eigenvalue weighted by atomic mass is 10.0. The van der Waals surface area contributed by atoms with Gasteiger partial charge < -0.3 is 10.4 Å². The zero-order valence-electron chi connectivity index (χ0n) is 12.9. The molecule has 0 saturated heterocycles. The second kappa shape index (κ2) is 7.88. The first kappa shape index (κ1) is 16.5. The van der Waals surface area contributed by atoms with Gasteiger partial charge in [0.05, 0.1) is 5.56 Å². The van der Waals surface area contributed by atoms with Gasteiger partial charge in [-0.3, -0.25) is 0 Å². The summed E-state index contributed by atoms with van der Waals surface area (Å²) in [6, 6.07) is 3.58. The molecule has 0 aromatic carbocycles. The van der Waals surface area contributed by atoms with Crippen LogP contribution in [0.1, 0.15) is 63.0 Å². The fourth-order valence-electron chi connectivity index (χ4n) is 2.08. The molecule has 1 aromatic rings. The van der Waals surface area contributed by atoms with Crippen molar-refractivity contribution >= 4 is 11.8 Å². The fraction of sp³-hybridized carbons (Fsp3) is 0.625. The maximum absolute atomic E-state index is 11.2. The van der Waals surface area contributed by atoms with Crippen molar-refractivity contribution in [2.75, 3.05) is 5.32 Å². The summed E-state index contributed by atoms with van der Waals surface area (Å²) in [6.45, 7) is 8.58. The molecule has 0 amide bonds. The Morgan fingerprint density at radius 1 is 1.30 bits per heavy atom. The molecule has 0 aliphatic carbocycles. The minimum absolute atomic E-state index is 0.295. The average Bonchev–Trinajstić information content (AvgIpc) is 2.36. The number of carbonyl (C=O) groups is 1. The van der Waals surface area contributed by atoms with E-state index >= 15 is 0 Å². The number of rotatable bonds is 8. The second-order valence-electron chi connectivity index (χ2n) is 5.80. The van der Waals surface area contributed by atoms with Gasteiger partial charge in [0.1, 0.15) is 5.82 Å². The SMILES string of the molecule is CCCc1cc(C(=O)O)cc(NC(C)CCC(C)C)n1. The molecule has 0 spiro atoms. The predicted molar refractivity (Wildman–Crippen MR) is 82.3 cm³/mol. The lowest BCUT2D eigenvalue weighted by Gasteiger charge is -2.16. The number of aromatic nitrogens is 1. The maximum Gasteiger partial charge on any atom is 0.335 e. The van der Waals surface area contributed by atoms with E-state index in [-0.39, 0.29) is 0 Å². The number of aromatic carboxylic acids is 1. The maximum atomic E-state index is 11.2. The highest BCUT2D eigenvalue weighted by atomic mass is 16.4. The molecule has 4 heteroatoms. The molecule has 4 nitrogen and oxygen atoms in total. The van der Waals surface area contributed by atoms with Crippen molar-refractivity contribution in [1.29, 1.82) is 0 Å². The molecule has 1 unspecified atom stereocenters. The van der Waals surface area contributed by atoms with Gasteiger partial charge in [-0.2, -0.15) is 0 Å². The van der Waals surface area contributed by atoms with Crippen LogP contribution in [0.2, 0.25) is 0 Å². The number of aryl methyl sites for hydroxylation is 1. The molecular formula is C16H26N2O2. The third kappa shape index (κ3) is 5.59. The van der Waals surface area contributed by atoms with E-state index in [1.807, 2.05) is 0 Å². The first-order chi connectivity index (χ1) is 9.42. The second-order valence-corrected chi connectivity index (χ2v) is 5.80. The summed E-state index contributed by atoms with van der Waals surface area (Å²) in [5, 5.41) is 12.5. The van der Waals surface area contributed by atoms with E-state index in [2.05, 4.69) is 38.0 Å². The Bertz CT molecular complexity index is 444. The van der Waals surface area contributed by atoms with Crippen LogP contribution in [-0.4, -0.2) is 22.1 Å². The number of anilines is 1. The Morgan fingerprint density at radius 2 is 2.00 bits per heavy atom. The lowest BCUT2D eigenvalue weighted by molar-refractivity contribution is 0.0696. The van der Waals surface area contributed by atoms with Crippen LogP contribution in [0.5, 0.6) is 0 Å². The highest BCUT2D eigenvalue weighted by molar-refractivity contribution is 5.88. The normalized spacial score (nSPS) is 12.4. The van der Waals surface area contributed by atoms with Gasteiger partial charge in [0.15, 0.2) is 0 Å². The number of hydrogen-bond acceptors (Lipinski definition) is 3. The lowest BCUT2D eigenvalue weighted by Crippen LogP contribution is -2.17. The number of nitrogens with zero attached hydrogens (tertiary/aromatic N) is 1. The molecule has 112 valence electrons. The van der Waals surface area contributed by atoms with Crippen LogP contribution in [0, 0.1) is 5.92 Å². The van der Waals surface area contributed by atoms with E-state index in [0.29, 0.717) is 23.3 Å². The largest absolute Gasteiger partial charge is 0.478 e. The van der Waals surface area contributed by atoms with Crippen LogP contribution >= 0.6 is 0 Å². The molecule has 2 N–H and O–H groups in total. The number of carboxylic acids is 1. The molecule has 0 aliphatic rings. The molecule has 0 bridgehead atoms. The van der Waals surface area contributed by atoms with Gasteiger partial charge in [-0.05, 0) is 44.2 Å². The van der Waals surface area contributed by atoms with Gasteiger partial charge in [0, 0.05) is 11.7 Å². The Hall–Kier alpha value is -1.58. The van der Waals surface area contributed by atoms with Crippen molar-refractivity contribution in [3.8, 4) is 0 Å². The summed E-state index contributed by atoms with van der Waals surface area (Å²) >= 11 is 0. The molecule has 0 saturated carbocycles. The van der Waals surface area contributed by atoms with Crippen LogP contribution in [0.15, 0.2) is 12.1 Å². The quantitative estimate of drug-likeness (QED) is 0.755. The summed E-state index contributed by atoms with van der Waals surface area (Å²) in [5.41, 5.74) is 1.15. The molecule has 0 radical (unpaired) electrons. The minimum atomic E-state index is -0.900. The zero-order valence-corrected chi connectivity index (χ0v) is 12.9. The number of carboxylic acid groups (broad SMARTS) is 1. The van der Waals surface area contributed by atoms with Gasteiger partial charge in [0.2, 0.25) is 0 Å². The van der Waals surface area contributed by atoms with Crippen molar-refractivity contribution in [3.05, 3.63) is 23.4 Å². The molecular weight excluding hydrogens is 252 g/mol. The highest BCUT2D eigenvalue weighted by Crippen LogP contribution is 2.15. The third-order valence-corrected chi connectivity index (χ3v) is 3.20. The average molecular weight is 278 g/mol. The topological polar surface area (TPSA) is 62.2 Å². The van der Waals surface area contributed by atoms with E-state index in [9.17, 15) is 4.79 Å². The van der Waals surface area contributed by atoms with Crippen molar-refractivity contribution in [3.63, 3.8) is 0 Å². The minimum Gasteiger partial charge on any atom is -0.478 e. The van der Waals surface area contributed by atoms with Gasteiger partial charge in [0.25, 0.3) is 0 Å². The fourth-order valence-corrected chi connectivity index (χ4v) is 2.08. The standard InChI is InChI=1S/C16H26N2O2/c1-5-6-14-9-13(16(19)20)10-15(18-14)17-12(4)8-7-11(2)3/h9-12H,5-8H2,1-4H3,(H,17,18)(H,19,20). The van der Waals surface area contributed by atoms with Gasteiger partial charge in [-0.1, -0.05) is 27.2 Å². The highest BCUT2D eigenvalue weighted by Gasteiger charge is 2.10. The Labute approximate surface area is 121 Å². The molecule has 20 heavy (non-hydrogen) atoms. The number of nitrogens with one attached hydrogen (secondary N) is 1. The summed E-state index contributed by atoms with van der Waals surface area (Å²) in [7, 11) is 0. The van der Waals surface area contributed by atoms with Crippen LogP contribution in [-0.2, 0) is 6.42 Å². The third-order valence-electron chi connectivity index (χ3n) is 3.20. The van der Waals surface area contributed by atoms with Gasteiger partial charge in [-0.15, -0.1) is 0 Å². The van der Waals surface area contributed by atoms with Crippen molar-refractivity contribution < 1.29 is 9.90 Å². The monoisotopic (exact) mass is 278 g/mol. The summed E-state index contributed by atoms with van der Waals surface area (Å²) < 4.78 is 0.